The van der Waals surface area contributed by atoms with E-state index in [1.807, 2.05) is 0 Å². The van der Waals surface area contributed by atoms with E-state index in [0.717, 1.165) is 51.5 Å². The van der Waals surface area contributed by atoms with Gasteiger partial charge in [-0.3, -0.25) is 4.79 Å². The van der Waals surface area contributed by atoms with E-state index in [4.69, 9.17) is 4.74 Å². The first-order valence-corrected chi connectivity index (χ1v) is 9.16. The van der Waals surface area contributed by atoms with Crippen LogP contribution in [0, 0.1) is 5.41 Å². The fourth-order valence-electron chi connectivity index (χ4n) is 3.51. The van der Waals surface area contributed by atoms with E-state index in [-0.39, 0.29) is 23.8 Å². The van der Waals surface area contributed by atoms with Gasteiger partial charge in [-0.2, -0.15) is 13.2 Å². The van der Waals surface area contributed by atoms with Gasteiger partial charge in [0.1, 0.15) is 0 Å². The Balaban J connectivity index is 1.30. The molecule has 11 heteroatoms. The SMILES string of the molecule is O=C(c1cnc(NCc2cnc(C(F)(F)F)nc2)nc1)N1CC2(CCOCC2)C1. The molecule has 0 aromatic carbocycles. The van der Waals surface area contributed by atoms with Gasteiger partial charge >= 0.3 is 6.18 Å². The zero-order valence-electron chi connectivity index (χ0n) is 15.4. The number of rotatable bonds is 4. The van der Waals surface area contributed by atoms with E-state index in [1.54, 1.807) is 4.90 Å². The predicted octanol–water partition coefficient (Wildman–Crippen LogP) is 2.15. The molecule has 2 aliphatic heterocycles. The molecular formula is C18H19F3N6O2. The summed E-state index contributed by atoms with van der Waals surface area (Å²) in [4.78, 5) is 29.1. The van der Waals surface area contributed by atoms with Gasteiger partial charge in [0.2, 0.25) is 11.8 Å². The lowest BCUT2D eigenvalue weighted by Gasteiger charge is -2.52. The van der Waals surface area contributed by atoms with Gasteiger partial charge in [-0.25, -0.2) is 19.9 Å². The summed E-state index contributed by atoms with van der Waals surface area (Å²) in [7, 11) is 0. The maximum absolute atomic E-state index is 12.5. The molecule has 4 heterocycles. The number of likely N-dealkylation sites (tertiary alicyclic amines) is 1. The van der Waals surface area contributed by atoms with Gasteiger partial charge in [-0.15, -0.1) is 0 Å². The molecule has 1 amide bonds. The predicted molar refractivity (Wildman–Crippen MR) is 94.8 cm³/mol. The Morgan fingerprint density at radius 2 is 1.69 bits per heavy atom. The minimum absolute atomic E-state index is 0.107. The van der Waals surface area contributed by atoms with E-state index in [9.17, 15) is 18.0 Å². The van der Waals surface area contributed by atoms with Crippen molar-refractivity contribution in [3.05, 3.63) is 41.7 Å². The van der Waals surface area contributed by atoms with E-state index in [0.29, 0.717) is 11.1 Å². The van der Waals surface area contributed by atoms with Crippen LogP contribution in [0.15, 0.2) is 24.8 Å². The molecule has 4 rings (SSSR count). The standard InChI is InChI=1S/C18H19F3N6O2/c19-18(20,21)15-22-5-12(6-23-15)7-24-16-25-8-13(9-26-16)14(28)27-10-17(11-27)1-3-29-4-2-17/h5-6,8-9H,1-4,7,10-11H2,(H,24,25,26). The number of hydrogen-bond acceptors (Lipinski definition) is 7. The maximum atomic E-state index is 12.5. The molecule has 0 bridgehead atoms. The molecule has 2 aromatic rings. The molecule has 1 N–H and O–H groups in total. The summed E-state index contributed by atoms with van der Waals surface area (Å²) in [6.07, 6.45) is 2.45. The van der Waals surface area contributed by atoms with Crippen molar-refractivity contribution in [3.8, 4) is 0 Å². The summed E-state index contributed by atoms with van der Waals surface area (Å²) >= 11 is 0. The van der Waals surface area contributed by atoms with Crippen LogP contribution < -0.4 is 5.32 Å². The number of carbonyl (C=O) groups is 1. The average molecular weight is 408 g/mol. The van der Waals surface area contributed by atoms with E-state index < -0.39 is 12.0 Å². The van der Waals surface area contributed by atoms with Crippen LogP contribution in [0.25, 0.3) is 0 Å². The van der Waals surface area contributed by atoms with Crippen molar-refractivity contribution in [2.24, 2.45) is 5.41 Å². The van der Waals surface area contributed by atoms with Crippen LogP contribution in [0.2, 0.25) is 0 Å². The molecule has 0 radical (unpaired) electrons. The van der Waals surface area contributed by atoms with Crippen molar-refractivity contribution in [3.63, 3.8) is 0 Å². The summed E-state index contributed by atoms with van der Waals surface area (Å²) in [5, 5.41) is 2.87. The molecule has 1 spiro atoms. The lowest BCUT2D eigenvalue weighted by molar-refractivity contribution is -0.145. The number of alkyl halides is 3. The average Bonchev–Trinajstić information content (AvgIpc) is 2.70. The summed E-state index contributed by atoms with van der Waals surface area (Å²) in [5.74, 6) is -1.04. The highest BCUT2D eigenvalue weighted by Crippen LogP contribution is 2.40. The third kappa shape index (κ3) is 4.29. The number of nitrogens with zero attached hydrogens (tertiary/aromatic N) is 5. The molecule has 0 atom stereocenters. The van der Waals surface area contributed by atoms with Crippen molar-refractivity contribution >= 4 is 11.9 Å². The van der Waals surface area contributed by atoms with Crippen molar-refractivity contribution in [1.29, 1.82) is 0 Å². The van der Waals surface area contributed by atoms with Crippen LogP contribution in [0.4, 0.5) is 19.1 Å². The molecule has 2 aromatic heterocycles. The van der Waals surface area contributed by atoms with Gasteiger partial charge in [0, 0.05) is 68.6 Å². The molecule has 2 fully saturated rings. The Morgan fingerprint density at radius 3 is 2.28 bits per heavy atom. The van der Waals surface area contributed by atoms with Gasteiger partial charge < -0.3 is 15.0 Å². The number of ether oxygens (including phenoxy) is 1. The highest BCUT2D eigenvalue weighted by Gasteiger charge is 2.46. The Morgan fingerprint density at radius 1 is 1.07 bits per heavy atom. The van der Waals surface area contributed by atoms with E-state index in [2.05, 4.69) is 25.3 Å². The highest BCUT2D eigenvalue weighted by molar-refractivity contribution is 5.94. The summed E-state index contributed by atoms with van der Waals surface area (Å²) in [6, 6.07) is 0. The number of carbonyl (C=O) groups excluding carboxylic acids is 1. The molecule has 0 saturated carbocycles. The van der Waals surface area contributed by atoms with Crippen molar-refractivity contribution in [2.75, 3.05) is 31.6 Å². The third-order valence-electron chi connectivity index (χ3n) is 5.20. The summed E-state index contributed by atoms with van der Waals surface area (Å²) in [5.41, 5.74) is 1.04. The van der Waals surface area contributed by atoms with Gasteiger partial charge in [0.05, 0.1) is 5.56 Å². The smallest absolute Gasteiger partial charge is 0.381 e. The number of halogens is 3. The molecule has 0 aliphatic carbocycles. The van der Waals surface area contributed by atoms with Crippen LogP contribution in [0.3, 0.4) is 0 Å². The number of anilines is 1. The minimum atomic E-state index is -4.57. The topological polar surface area (TPSA) is 93.1 Å². The van der Waals surface area contributed by atoms with Crippen LogP contribution in [-0.2, 0) is 17.5 Å². The fraction of sp³-hybridized carbons (Fsp3) is 0.500. The van der Waals surface area contributed by atoms with Crippen molar-refractivity contribution in [2.45, 2.75) is 25.6 Å². The Labute approximate surface area is 164 Å². The van der Waals surface area contributed by atoms with Crippen molar-refractivity contribution < 1.29 is 22.7 Å². The second-order valence-electron chi connectivity index (χ2n) is 7.34. The van der Waals surface area contributed by atoms with Gasteiger partial charge in [-0.05, 0) is 12.8 Å². The van der Waals surface area contributed by atoms with E-state index >= 15 is 0 Å². The molecule has 2 aliphatic rings. The van der Waals surface area contributed by atoms with Gasteiger partial charge in [-0.1, -0.05) is 0 Å². The summed E-state index contributed by atoms with van der Waals surface area (Å²) in [6.45, 7) is 3.10. The minimum Gasteiger partial charge on any atom is -0.381 e. The number of nitrogens with one attached hydrogen (secondary N) is 1. The lowest BCUT2D eigenvalue weighted by atomic mass is 9.73. The first kappa shape index (κ1) is 19.5. The highest BCUT2D eigenvalue weighted by atomic mass is 19.4. The van der Waals surface area contributed by atoms with Crippen LogP contribution in [-0.4, -0.2) is 57.0 Å². The molecule has 154 valence electrons. The Bertz CT molecular complexity index is 859. The quantitative estimate of drug-likeness (QED) is 0.829. The summed E-state index contributed by atoms with van der Waals surface area (Å²) < 4.78 is 42.8. The van der Waals surface area contributed by atoms with E-state index in [1.165, 1.54) is 12.4 Å². The zero-order valence-corrected chi connectivity index (χ0v) is 15.4. The van der Waals surface area contributed by atoms with Crippen LogP contribution >= 0.6 is 0 Å². The fourth-order valence-corrected chi connectivity index (χ4v) is 3.51. The monoisotopic (exact) mass is 408 g/mol. The van der Waals surface area contributed by atoms with Crippen molar-refractivity contribution in [1.82, 2.24) is 24.8 Å². The lowest BCUT2D eigenvalue weighted by Crippen LogP contribution is -2.60. The first-order valence-electron chi connectivity index (χ1n) is 9.16. The normalized spacial score (nSPS) is 18.4. The molecule has 29 heavy (non-hydrogen) atoms. The second kappa shape index (κ2) is 7.54. The van der Waals surface area contributed by atoms with Gasteiger partial charge in [0.15, 0.2) is 0 Å². The van der Waals surface area contributed by atoms with Crippen LogP contribution in [0.5, 0.6) is 0 Å². The Kier molecular flexibility index (Phi) is 5.07. The maximum Gasteiger partial charge on any atom is 0.451 e. The molecule has 2 saturated heterocycles. The van der Waals surface area contributed by atoms with Gasteiger partial charge in [0.25, 0.3) is 5.91 Å². The number of hydrogen-bond donors (Lipinski definition) is 1. The third-order valence-corrected chi connectivity index (χ3v) is 5.20. The number of aromatic nitrogens is 4. The molecule has 0 unspecified atom stereocenters. The Hall–Kier alpha value is -2.82. The zero-order chi connectivity index (χ0) is 20.5. The largest absolute Gasteiger partial charge is 0.451 e. The first-order chi connectivity index (χ1) is 13.8. The second-order valence-corrected chi connectivity index (χ2v) is 7.34. The number of amides is 1. The van der Waals surface area contributed by atoms with Crippen LogP contribution in [0.1, 0.15) is 34.6 Å². The molecule has 8 nitrogen and oxygen atoms in total. The molecular weight excluding hydrogens is 389 g/mol.